The van der Waals surface area contributed by atoms with E-state index in [0.717, 1.165) is 38.5 Å². The summed E-state index contributed by atoms with van der Waals surface area (Å²) in [5.41, 5.74) is 0. The van der Waals surface area contributed by atoms with E-state index < -0.39 is 10.0 Å². The predicted molar refractivity (Wildman–Crippen MR) is 80.2 cm³/mol. The van der Waals surface area contributed by atoms with Crippen molar-refractivity contribution in [2.75, 3.05) is 19.3 Å². The first kappa shape index (κ1) is 14.7. The van der Waals surface area contributed by atoms with E-state index >= 15 is 0 Å². The number of carbonyl (C=O) groups is 1. The Hall–Kier alpha value is -0.270. The van der Waals surface area contributed by atoms with Gasteiger partial charge in [0.1, 0.15) is 0 Å². The molecule has 0 bridgehead atoms. The van der Waals surface area contributed by atoms with E-state index in [-0.39, 0.29) is 21.9 Å². The summed E-state index contributed by atoms with van der Waals surface area (Å²) in [5.74, 6) is 0.147. The lowest BCUT2D eigenvalue weighted by atomic mass is 10.1. The van der Waals surface area contributed by atoms with Crippen molar-refractivity contribution < 1.29 is 13.2 Å². The van der Waals surface area contributed by atoms with Gasteiger partial charge in [0.05, 0.1) is 10.00 Å². The second-order valence-corrected chi connectivity index (χ2v) is 9.49. The Morgan fingerprint density at radius 2 is 1.80 bits per heavy atom. The predicted octanol–water partition coefficient (Wildman–Crippen LogP) is 0.955. The van der Waals surface area contributed by atoms with Gasteiger partial charge in [-0.2, -0.15) is 0 Å². The van der Waals surface area contributed by atoms with Gasteiger partial charge in [0.25, 0.3) is 0 Å². The van der Waals surface area contributed by atoms with Gasteiger partial charge < -0.3 is 5.32 Å². The Labute approximate surface area is 124 Å². The van der Waals surface area contributed by atoms with Crippen molar-refractivity contribution in [2.45, 2.75) is 54.6 Å². The molecule has 20 heavy (non-hydrogen) atoms. The molecular formula is C13H22N2O3S2. The van der Waals surface area contributed by atoms with E-state index in [2.05, 4.69) is 5.32 Å². The molecule has 0 spiro atoms. The minimum atomic E-state index is -3.04. The highest BCUT2D eigenvalue weighted by Crippen LogP contribution is 2.47. The van der Waals surface area contributed by atoms with Crippen LogP contribution in [-0.4, -0.2) is 54.0 Å². The third-order valence-electron chi connectivity index (χ3n) is 4.60. The minimum Gasteiger partial charge on any atom is -0.352 e. The molecule has 1 heterocycles. The highest BCUT2D eigenvalue weighted by atomic mass is 32.2. The van der Waals surface area contributed by atoms with Crippen molar-refractivity contribution in [1.82, 2.24) is 9.62 Å². The van der Waals surface area contributed by atoms with E-state index in [0.29, 0.717) is 13.1 Å². The molecule has 0 aromatic heterocycles. The quantitative estimate of drug-likeness (QED) is 0.820. The SMILES string of the molecule is CSC1(C(=O)NC2CCN(S(=O)(=O)C3CC3)CC2)CC1. The fourth-order valence-electron chi connectivity index (χ4n) is 2.79. The number of carbonyl (C=O) groups excluding carboxylic acids is 1. The number of piperidine rings is 1. The summed E-state index contributed by atoms with van der Waals surface area (Å²) in [7, 11) is -3.04. The van der Waals surface area contributed by atoms with Gasteiger partial charge in [0, 0.05) is 19.1 Å². The van der Waals surface area contributed by atoms with Gasteiger partial charge in [-0.3, -0.25) is 4.79 Å². The number of nitrogens with one attached hydrogen (secondary N) is 1. The molecule has 2 saturated carbocycles. The monoisotopic (exact) mass is 318 g/mol. The molecule has 0 unspecified atom stereocenters. The van der Waals surface area contributed by atoms with Gasteiger partial charge in [-0.15, -0.1) is 11.8 Å². The van der Waals surface area contributed by atoms with Crippen molar-refractivity contribution in [3.05, 3.63) is 0 Å². The second kappa shape index (κ2) is 5.18. The molecule has 0 radical (unpaired) electrons. The zero-order valence-electron chi connectivity index (χ0n) is 11.8. The van der Waals surface area contributed by atoms with Gasteiger partial charge in [-0.25, -0.2) is 12.7 Å². The van der Waals surface area contributed by atoms with Crippen LogP contribution >= 0.6 is 11.8 Å². The summed E-state index contributed by atoms with van der Waals surface area (Å²) in [4.78, 5) is 12.2. The van der Waals surface area contributed by atoms with Crippen LogP contribution in [0.15, 0.2) is 0 Å². The molecule has 0 aromatic carbocycles. The van der Waals surface area contributed by atoms with E-state index in [9.17, 15) is 13.2 Å². The zero-order valence-corrected chi connectivity index (χ0v) is 13.4. The van der Waals surface area contributed by atoms with Gasteiger partial charge in [0.15, 0.2) is 0 Å². The number of nitrogens with zero attached hydrogens (tertiary/aromatic N) is 1. The number of hydrogen-bond donors (Lipinski definition) is 1. The number of thioether (sulfide) groups is 1. The first-order valence-corrected chi connectivity index (χ1v) is 10.1. The molecule has 0 aromatic rings. The third-order valence-corrected chi connectivity index (χ3v) is 8.38. The molecule has 2 aliphatic carbocycles. The van der Waals surface area contributed by atoms with Gasteiger partial charge in [-0.05, 0) is 44.8 Å². The highest BCUT2D eigenvalue weighted by molar-refractivity contribution is 8.01. The Balaban J connectivity index is 1.50. The van der Waals surface area contributed by atoms with Crippen molar-refractivity contribution in [3.8, 4) is 0 Å². The smallest absolute Gasteiger partial charge is 0.236 e. The summed E-state index contributed by atoms with van der Waals surface area (Å²) >= 11 is 1.63. The molecule has 0 atom stereocenters. The average molecular weight is 318 g/mol. The standard InChI is InChI=1S/C13H22N2O3S2/c1-19-13(6-7-13)12(16)14-10-4-8-15(9-5-10)20(17,18)11-2-3-11/h10-11H,2-9H2,1H3,(H,14,16). The van der Waals surface area contributed by atoms with Crippen molar-refractivity contribution in [1.29, 1.82) is 0 Å². The molecule has 7 heteroatoms. The van der Waals surface area contributed by atoms with E-state index in [1.54, 1.807) is 16.1 Å². The van der Waals surface area contributed by atoms with Crippen LogP contribution in [0.4, 0.5) is 0 Å². The van der Waals surface area contributed by atoms with Gasteiger partial charge in [-0.1, -0.05) is 0 Å². The van der Waals surface area contributed by atoms with E-state index in [1.807, 2.05) is 6.26 Å². The zero-order chi connectivity index (χ0) is 14.4. The molecule has 114 valence electrons. The fourth-order valence-corrected chi connectivity index (χ4v) is 5.41. The van der Waals surface area contributed by atoms with Crippen LogP contribution in [0.5, 0.6) is 0 Å². The summed E-state index contributed by atoms with van der Waals surface area (Å²) in [6.45, 7) is 1.10. The molecule has 3 aliphatic rings. The normalized spacial score (nSPS) is 27.2. The minimum absolute atomic E-state index is 0.125. The highest BCUT2D eigenvalue weighted by Gasteiger charge is 2.50. The Morgan fingerprint density at radius 3 is 2.25 bits per heavy atom. The van der Waals surface area contributed by atoms with Crippen molar-refractivity contribution >= 4 is 27.7 Å². The van der Waals surface area contributed by atoms with Gasteiger partial charge >= 0.3 is 0 Å². The molecule has 3 fully saturated rings. The maximum absolute atomic E-state index is 12.2. The molecular weight excluding hydrogens is 296 g/mol. The molecule has 1 saturated heterocycles. The Kier molecular flexibility index (Phi) is 3.79. The number of rotatable bonds is 5. The lowest BCUT2D eigenvalue weighted by Gasteiger charge is -2.32. The van der Waals surface area contributed by atoms with Crippen molar-refractivity contribution in [3.63, 3.8) is 0 Å². The molecule has 5 nitrogen and oxygen atoms in total. The van der Waals surface area contributed by atoms with Crippen LogP contribution in [0.3, 0.4) is 0 Å². The fraction of sp³-hybridized carbons (Fsp3) is 0.923. The molecule has 1 amide bonds. The number of sulfonamides is 1. The Morgan fingerprint density at radius 1 is 1.20 bits per heavy atom. The maximum atomic E-state index is 12.2. The largest absolute Gasteiger partial charge is 0.352 e. The summed E-state index contributed by atoms with van der Waals surface area (Å²) in [6, 6.07) is 0.137. The van der Waals surface area contributed by atoms with E-state index in [1.165, 1.54) is 0 Å². The second-order valence-electron chi connectivity index (χ2n) is 6.09. The molecule has 1 aliphatic heterocycles. The lowest BCUT2D eigenvalue weighted by molar-refractivity contribution is -0.122. The lowest BCUT2D eigenvalue weighted by Crippen LogP contribution is -2.49. The van der Waals surface area contributed by atoms with Crippen LogP contribution in [0.1, 0.15) is 38.5 Å². The molecule has 3 rings (SSSR count). The first-order chi connectivity index (χ1) is 9.48. The first-order valence-electron chi connectivity index (χ1n) is 7.33. The number of hydrogen-bond acceptors (Lipinski definition) is 4. The van der Waals surface area contributed by atoms with Crippen LogP contribution in [0.2, 0.25) is 0 Å². The molecule has 1 N–H and O–H groups in total. The Bertz CT molecular complexity index is 490. The van der Waals surface area contributed by atoms with E-state index in [4.69, 9.17) is 0 Å². The summed E-state index contributed by atoms with van der Waals surface area (Å²) in [5, 5.41) is 2.98. The van der Waals surface area contributed by atoms with Crippen LogP contribution in [-0.2, 0) is 14.8 Å². The van der Waals surface area contributed by atoms with Crippen LogP contribution in [0.25, 0.3) is 0 Å². The van der Waals surface area contributed by atoms with Crippen molar-refractivity contribution in [2.24, 2.45) is 0 Å². The maximum Gasteiger partial charge on any atom is 0.236 e. The topological polar surface area (TPSA) is 66.5 Å². The van der Waals surface area contributed by atoms with Gasteiger partial charge in [0.2, 0.25) is 15.9 Å². The summed E-state index contributed by atoms with van der Waals surface area (Å²) < 4.78 is 25.7. The third kappa shape index (κ3) is 2.72. The average Bonchev–Trinajstić information content (AvgIpc) is 3.31. The summed E-state index contributed by atoms with van der Waals surface area (Å²) in [6.07, 6.45) is 7.02. The number of amides is 1. The van der Waals surface area contributed by atoms with Crippen LogP contribution in [0, 0.1) is 0 Å². The van der Waals surface area contributed by atoms with Crippen LogP contribution < -0.4 is 5.32 Å².